The molecule has 0 aliphatic rings. The maximum Gasteiger partial charge on any atom is 0.208 e. The Morgan fingerprint density at radius 3 is 2.81 bits per heavy atom. The summed E-state index contributed by atoms with van der Waals surface area (Å²) in [5, 5.41) is 1.78. The van der Waals surface area contributed by atoms with E-state index in [1.165, 1.54) is 11.5 Å². The van der Waals surface area contributed by atoms with Crippen molar-refractivity contribution in [1.29, 1.82) is 0 Å². The van der Waals surface area contributed by atoms with Crippen molar-refractivity contribution in [2.24, 2.45) is 5.73 Å². The molecule has 5 heteroatoms. The van der Waals surface area contributed by atoms with E-state index in [1.807, 2.05) is 49.4 Å². The standard InChI is InChI=1S/C16H16N2O2S/c1-2-19-15-9-11(10-17)7-8-14(15)20-16-12-5-3-4-6-13(12)18-21-16/h3-9H,2,10,17H2,1H3. The maximum atomic E-state index is 6.01. The van der Waals surface area contributed by atoms with Crippen LogP contribution in [0.3, 0.4) is 0 Å². The zero-order valence-electron chi connectivity index (χ0n) is 11.7. The van der Waals surface area contributed by atoms with E-state index in [0.29, 0.717) is 24.7 Å². The van der Waals surface area contributed by atoms with Gasteiger partial charge >= 0.3 is 0 Å². The molecule has 0 spiro atoms. The lowest BCUT2D eigenvalue weighted by Gasteiger charge is -2.11. The van der Waals surface area contributed by atoms with E-state index in [2.05, 4.69) is 4.37 Å². The molecule has 0 fully saturated rings. The van der Waals surface area contributed by atoms with Crippen LogP contribution in [0.15, 0.2) is 42.5 Å². The minimum Gasteiger partial charge on any atom is -0.490 e. The molecule has 2 N–H and O–H groups in total. The Bertz CT molecular complexity index is 755. The van der Waals surface area contributed by atoms with Crippen molar-refractivity contribution in [3.8, 4) is 16.6 Å². The molecule has 0 amide bonds. The number of aromatic nitrogens is 1. The molecule has 3 aromatic rings. The average Bonchev–Trinajstić information content (AvgIpc) is 2.92. The van der Waals surface area contributed by atoms with Crippen molar-refractivity contribution in [1.82, 2.24) is 4.37 Å². The van der Waals surface area contributed by atoms with E-state index >= 15 is 0 Å². The van der Waals surface area contributed by atoms with Crippen LogP contribution in [0.4, 0.5) is 0 Å². The Morgan fingerprint density at radius 2 is 2.00 bits per heavy atom. The molecule has 0 aliphatic carbocycles. The van der Waals surface area contributed by atoms with Crippen LogP contribution in [-0.4, -0.2) is 11.0 Å². The molecule has 1 aromatic heterocycles. The molecule has 0 bridgehead atoms. The summed E-state index contributed by atoms with van der Waals surface area (Å²) in [5.74, 6) is 1.39. The van der Waals surface area contributed by atoms with Gasteiger partial charge in [0.15, 0.2) is 11.5 Å². The summed E-state index contributed by atoms with van der Waals surface area (Å²) in [4.78, 5) is 0. The fourth-order valence-corrected chi connectivity index (χ4v) is 2.81. The third-order valence-electron chi connectivity index (χ3n) is 3.10. The van der Waals surface area contributed by atoms with Crippen molar-refractivity contribution in [2.75, 3.05) is 6.61 Å². The minimum absolute atomic E-state index is 0.476. The molecule has 3 rings (SSSR count). The Labute approximate surface area is 127 Å². The Balaban J connectivity index is 1.97. The molecule has 4 nitrogen and oxygen atoms in total. The van der Waals surface area contributed by atoms with Crippen LogP contribution < -0.4 is 15.2 Å². The van der Waals surface area contributed by atoms with Crippen LogP contribution in [0.2, 0.25) is 0 Å². The van der Waals surface area contributed by atoms with E-state index in [4.69, 9.17) is 15.2 Å². The number of ether oxygens (including phenoxy) is 2. The normalized spacial score (nSPS) is 10.8. The summed E-state index contributed by atoms with van der Waals surface area (Å²) in [6, 6.07) is 13.7. The van der Waals surface area contributed by atoms with Crippen LogP contribution in [0.5, 0.6) is 16.6 Å². The molecule has 0 aliphatic heterocycles. The second-order valence-electron chi connectivity index (χ2n) is 4.51. The fraction of sp³-hybridized carbons (Fsp3) is 0.188. The van der Waals surface area contributed by atoms with Crippen molar-refractivity contribution < 1.29 is 9.47 Å². The summed E-state index contributed by atoms with van der Waals surface area (Å²) in [5.41, 5.74) is 7.62. The van der Waals surface area contributed by atoms with Gasteiger partial charge in [0.2, 0.25) is 5.06 Å². The number of fused-ring (bicyclic) bond motifs is 1. The summed E-state index contributed by atoms with van der Waals surface area (Å²) in [6.07, 6.45) is 0. The third kappa shape index (κ3) is 2.84. The molecule has 0 unspecified atom stereocenters. The van der Waals surface area contributed by atoms with Gasteiger partial charge in [-0.3, -0.25) is 0 Å². The number of nitrogens with two attached hydrogens (primary N) is 1. The minimum atomic E-state index is 0.476. The van der Waals surface area contributed by atoms with Gasteiger partial charge in [0.1, 0.15) is 0 Å². The largest absolute Gasteiger partial charge is 0.490 e. The number of rotatable bonds is 5. The second kappa shape index (κ2) is 6.11. The Morgan fingerprint density at radius 1 is 1.14 bits per heavy atom. The van der Waals surface area contributed by atoms with Gasteiger partial charge < -0.3 is 15.2 Å². The van der Waals surface area contributed by atoms with Crippen LogP contribution >= 0.6 is 11.5 Å². The first kappa shape index (κ1) is 13.9. The van der Waals surface area contributed by atoms with Crippen LogP contribution in [0.1, 0.15) is 12.5 Å². The smallest absolute Gasteiger partial charge is 0.208 e. The lowest BCUT2D eigenvalue weighted by Crippen LogP contribution is -1.99. The van der Waals surface area contributed by atoms with Gasteiger partial charge in [-0.2, -0.15) is 4.37 Å². The van der Waals surface area contributed by atoms with Crippen molar-refractivity contribution in [3.05, 3.63) is 48.0 Å². The highest BCUT2D eigenvalue weighted by molar-refractivity contribution is 7.09. The molecule has 0 atom stereocenters. The van der Waals surface area contributed by atoms with Crippen molar-refractivity contribution in [3.63, 3.8) is 0 Å². The first-order valence-electron chi connectivity index (χ1n) is 6.80. The number of hydrogen-bond acceptors (Lipinski definition) is 5. The van der Waals surface area contributed by atoms with E-state index in [-0.39, 0.29) is 0 Å². The van der Waals surface area contributed by atoms with Gasteiger partial charge in [-0.15, -0.1) is 0 Å². The summed E-state index contributed by atoms with van der Waals surface area (Å²) in [6.45, 7) is 3.00. The first-order chi connectivity index (χ1) is 10.3. The van der Waals surface area contributed by atoms with E-state index in [9.17, 15) is 0 Å². The van der Waals surface area contributed by atoms with Crippen LogP contribution in [0.25, 0.3) is 10.9 Å². The SMILES string of the molecule is CCOc1cc(CN)ccc1Oc1snc2ccccc12. The highest BCUT2D eigenvalue weighted by Crippen LogP contribution is 2.38. The third-order valence-corrected chi connectivity index (χ3v) is 3.85. The van der Waals surface area contributed by atoms with Gasteiger partial charge in [0.25, 0.3) is 0 Å². The highest BCUT2D eigenvalue weighted by atomic mass is 32.1. The molecule has 0 radical (unpaired) electrons. The molecule has 1 heterocycles. The van der Waals surface area contributed by atoms with Crippen LogP contribution in [0, 0.1) is 0 Å². The van der Waals surface area contributed by atoms with E-state index in [1.54, 1.807) is 0 Å². The predicted molar refractivity (Wildman–Crippen MR) is 85.2 cm³/mol. The second-order valence-corrected chi connectivity index (χ2v) is 5.24. The highest BCUT2D eigenvalue weighted by Gasteiger charge is 2.12. The van der Waals surface area contributed by atoms with Gasteiger partial charge in [-0.25, -0.2) is 0 Å². The van der Waals surface area contributed by atoms with Gasteiger partial charge in [-0.05, 0) is 36.8 Å². The lowest BCUT2D eigenvalue weighted by molar-refractivity contribution is 0.322. The first-order valence-corrected chi connectivity index (χ1v) is 7.57. The Kier molecular flexibility index (Phi) is 4.03. The number of benzene rings is 2. The molecule has 21 heavy (non-hydrogen) atoms. The molecule has 0 saturated carbocycles. The fourth-order valence-electron chi connectivity index (χ4n) is 2.07. The van der Waals surface area contributed by atoms with Crippen molar-refractivity contribution >= 4 is 22.4 Å². The summed E-state index contributed by atoms with van der Waals surface area (Å²) in [7, 11) is 0. The quantitative estimate of drug-likeness (QED) is 0.775. The zero-order chi connectivity index (χ0) is 14.7. The molecular weight excluding hydrogens is 284 g/mol. The maximum absolute atomic E-state index is 6.01. The molecule has 108 valence electrons. The predicted octanol–water partition coefficient (Wildman–Crippen LogP) is 3.95. The molecule has 0 saturated heterocycles. The van der Waals surface area contributed by atoms with Crippen LogP contribution in [-0.2, 0) is 6.54 Å². The average molecular weight is 300 g/mol. The van der Waals surface area contributed by atoms with E-state index < -0.39 is 0 Å². The summed E-state index contributed by atoms with van der Waals surface area (Å²) >= 11 is 1.34. The number of nitrogens with zero attached hydrogens (tertiary/aromatic N) is 1. The number of hydrogen-bond donors (Lipinski definition) is 1. The van der Waals surface area contributed by atoms with Gasteiger partial charge in [0.05, 0.1) is 17.5 Å². The van der Waals surface area contributed by atoms with Gasteiger partial charge in [0, 0.05) is 18.1 Å². The molecular formula is C16H16N2O2S. The molecule has 2 aromatic carbocycles. The van der Waals surface area contributed by atoms with Crippen molar-refractivity contribution in [2.45, 2.75) is 13.5 Å². The zero-order valence-corrected chi connectivity index (χ0v) is 12.5. The monoisotopic (exact) mass is 300 g/mol. The Hall–Kier alpha value is -2.11. The van der Waals surface area contributed by atoms with E-state index in [0.717, 1.165) is 21.5 Å². The van der Waals surface area contributed by atoms with Gasteiger partial charge in [-0.1, -0.05) is 18.2 Å². The summed E-state index contributed by atoms with van der Waals surface area (Å²) < 4.78 is 16.0. The lowest BCUT2D eigenvalue weighted by atomic mass is 10.2. The topological polar surface area (TPSA) is 57.4 Å².